The molecule has 0 aliphatic heterocycles. The van der Waals surface area contributed by atoms with E-state index in [-0.39, 0.29) is 5.91 Å². The van der Waals surface area contributed by atoms with E-state index in [9.17, 15) is 4.79 Å². The summed E-state index contributed by atoms with van der Waals surface area (Å²) < 4.78 is 5.84. The highest BCUT2D eigenvalue weighted by atomic mass is 16.5. The lowest BCUT2D eigenvalue weighted by Crippen LogP contribution is -2.18. The number of fused-ring (bicyclic) bond motifs is 1. The SMILES string of the molecule is O=C(N/N=C/c1ccc2ccccc2c1)c1ccccc1OCc1ccccc1. The number of ether oxygens (including phenoxy) is 1. The minimum absolute atomic E-state index is 0.314. The van der Waals surface area contributed by atoms with Crippen molar-refractivity contribution in [2.24, 2.45) is 5.10 Å². The maximum atomic E-state index is 12.6. The van der Waals surface area contributed by atoms with Crippen molar-refractivity contribution in [3.8, 4) is 5.75 Å². The third-order valence-electron chi connectivity index (χ3n) is 4.52. The van der Waals surface area contributed by atoms with Crippen LogP contribution < -0.4 is 10.2 Å². The second kappa shape index (κ2) is 8.85. The second-order valence-electron chi connectivity index (χ2n) is 6.58. The van der Waals surface area contributed by atoms with Gasteiger partial charge in [-0.2, -0.15) is 5.10 Å². The standard InChI is InChI=1S/C25H20N2O2/c28-25(27-26-17-20-14-15-21-10-4-5-11-22(21)16-20)23-12-6-7-13-24(23)29-18-19-8-2-1-3-9-19/h1-17H,18H2,(H,27,28)/b26-17+. The van der Waals surface area contributed by atoms with E-state index in [0.29, 0.717) is 17.9 Å². The monoisotopic (exact) mass is 380 g/mol. The summed E-state index contributed by atoms with van der Waals surface area (Å²) in [4.78, 5) is 12.6. The van der Waals surface area contributed by atoms with Gasteiger partial charge in [-0.15, -0.1) is 0 Å². The number of amides is 1. The van der Waals surface area contributed by atoms with Crippen molar-refractivity contribution in [2.45, 2.75) is 6.61 Å². The van der Waals surface area contributed by atoms with E-state index in [1.54, 1.807) is 24.4 Å². The second-order valence-corrected chi connectivity index (χ2v) is 6.58. The molecule has 0 aromatic heterocycles. The largest absolute Gasteiger partial charge is 0.488 e. The summed E-state index contributed by atoms with van der Waals surface area (Å²) in [6.07, 6.45) is 1.64. The summed E-state index contributed by atoms with van der Waals surface area (Å²) in [5.74, 6) is 0.209. The molecule has 4 rings (SSSR count). The molecule has 0 aliphatic rings. The maximum Gasteiger partial charge on any atom is 0.275 e. The van der Waals surface area contributed by atoms with Crippen LogP contribution in [0.5, 0.6) is 5.75 Å². The molecule has 0 unspecified atom stereocenters. The van der Waals surface area contributed by atoms with Crippen LogP contribution in [0.25, 0.3) is 10.8 Å². The number of carbonyl (C=O) groups excluding carboxylic acids is 1. The normalized spacial score (nSPS) is 10.9. The zero-order valence-corrected chi connectivity index (χ0v) is 15.8. The average molecular weight is 380 g/mol. The van der Waals surface area contributed by atoms with Crippen molar-refractivity contribution in [1.82, 2.24) is 5.43 Å². The lowest BCUT2D eigenvalue weighted by molar-refractivity contribution is 0.0950. The first-order valence-corrected chi connectivity index (χ1v) is 9.37. The van der Waals surface area contributed by atoms with Gasteiger partial charge in [0.2, 0.25) is 0 Å². The van der Waals surface area contributed by atoms with E-state index in [1.165, 1.54) is 0 Å². The molecule has 4 aromatic rings. The molecule has 0 saturated carbocycles. The molecule has 0 heterocycles. The van der Waals surface area contributed by atoms with Crippen LogP contribution in [0.15, 0.2) is 102 Å². The summed E-state index contributed by atoms with van der Waals surface area (Å²) in [6, 6.07) is 31.1. The number of carbonyl (C=O) groups is 1. The van der Waals surface area contributed by atoms with Crippen LogP contribution in [0.2, 0.25) is 0 Å². The van der Waals surface area contributed by atoms with Crippen LogP contribution in [0, 0.1) is 0 Å². The minimum Gasteiger partial charge on any atom is -0.488 e. The van der Waals surface area contributed by atoms with Crippen LogP contribution in [0.3, 0.4) is 0 Å². The maximum absolute atomic E-state index is 12.6. The average Bonchev–Trinajstić information content (AvgIpc) is 2.78. The highest BCUT2D eigenvalue weighted by molar-refractivity contribution is 5.97. The smallest absolute Gasteiger partial charge is 0.275 e. The molecule has 29 heavy (non-hydrogen) atoms. The van der Waals surface area contributed by atoms with Gasteiger partial charge in [-0.05, 0) is 40.1 Å². The van der Waals surface area contributed by atoms with Crippen molar-refractivity contribution in [3.05, 3.63) is 114 Å². The fourth-order valence-corrected chi connectivity index (χ4v) is 3.03. The number of hydrazone groups is 1. The third kappa shape index (κ3) is 4.68. The Bertz CT molecular complexity index is 1150. The van der Waals surface area contributed by atoms with Crippen LogP contribution in [-0.4, -0.2) is 12.1 Å². The fourth-order valence-electron chi connectivity index (χ4n) is 3.03. The summed E-state index contributed by atoms with van der Waals surface area (Å²) >= 11 is 0. The molecule has 0 atom stereocenters. The van der Waals surface area contributed by atoms with Crippen molar-refractivity contribution >= 4 is 22.9 Å². The van der Waals surface area contributed by atoms with Gasteiger partial charge in [-0.25, -0.2) is 5.43 Å². The quantitative estimate of drug-likeness (QED) is 0.370. The van der Waals surface area contributed by atoms with Crippen molar-refractivity contribution in [3.63, 3.8) is 0 Å². The van der Waals surface area contributed by atoms with Crippen LogP contribution >= 0.6 is 0 Å². The Kier molecular flexibility index (Phi) is 5.63. The van der Waals surface area contributed by atoms with Crippen molar-refractivity contribution < 1.29 is 9.53 Å². The Hall–Kier alpha value is -3.92. The van der Waals surface area contributed by atoms with E-state index in [4.69, 9.17) is 4.74 Å². The lowest BCUT2D eigenvalue weighted by atomic mass is 10.1. The van der Waals surface area contributed by atoms with E-state index < -0.39 is 0 Å². The molecule has 142 valence electrons. The van der Waals surface area contributed by atoms with Gasteiger partial charge in [0.05, 0.1) is 11.8 Å². The predicted octanol–water partition coefficient (Wildman–Crippen LogP) is 5.18. The van der Waals surface area contributed by atoms with Crippen molar-refractivity contribution in [1.29, 1.82) is 0 Å². The zero-order chi connectivity index (χ0) is 19.9. The van der Waals surface area contributed by atoms with Gasteiger partial charge in [-0.1, -0.05) is 78.9 Å². The Balaban J connectivity index is 1.43. The molecule has 4 heteroatoms. The van der Waals surface area contributed by atoms with E-state index in [2.05, 4.69) is 16.6 Å². The molecule has 4 aromatic carbocycles. The Morgan fingerprint density at radius 3 is 2.41 bits per heavy atom. The first-order chi connectivity index (χ1) is 14.3. The van der Waals surface area contributed by atoms with E-state index in [1.807, 2.05) is 72.8 Å². The molecular weight excluding hydrogens is 360 g/mol. The van der Waals surface area contributed by atoms with Gasteiger partial charge in [0.15, 0.2) is 0 Å². The van der Waals surface area contributed by atoms with Crippen LogP contribution in [0.1, 0.15) is 21.5 Å². The number of nitrogens with one attached hydrogen (secondary N) is 1. The van der Waals surface area contributed by atoms with Gasteiger partial charge in [-0.3, -0.25) is 4.79 Å². The number of para-hydroxylation sites is 1. The van der Waals surface area contributed by atoms with Gasteiger partial charge in [0, 0.05) is 0 Å². The highest BCUT2D eigenvalue weighted by Crippen LogP contribution is 2.19. The summed E-state index contributed by atoms with van der Waals surface area (Å²) in [5, 5.41) is 6.40. The van der Waals surface area contributed by atoms with Gasteiger partial charge in [0.1, 0.15) is 12.4 Å². The third-order valence-corrected chi connectivity index (χ3v) is 4.52. The molecule has 1 N–H and O–H groups in total. The van der Waals surface area contributed by atoms with Gasteiger partial charge < -0.3 is 4.74 Å². The Morgan fingerprint density at radius 2 is 1.55 bits per heavy atom. The first kappa shape index (κ1) is 18.4. The summed E-state index contributed by atoms with van der Waals surface area (Å²) in [6.45, 7) is 0.394. The Morgan fingerprint density at radius 1 is 0.828 bits per heavy atom. The number of hydrogen-bond acceptors (Lipinski definition) is 3. The summed E-state index contributed by atoms with van der Waals surface area (Å²) in [7, 11) is 0. The molecule has 0 radical (unpaired) electrons. The minimum atomic E-state index is -0.314. The van der Waals surface area contributed by atoms with E-state index in [0.717, 1.165) is 21.9 Å². The highest BCUT2D eigenvalue weighted by Gasteiger charge is 2.11. The number of rotatable bonds is 6. The number of hydrogen-bond donors (Lipinski definition) is 1. The molecule has 0 aliphatic carbocycles. The zero-order valence-electron chi connectivity index (χ0n) is 15.8. The molecule has 1 amide bonds. The fraction of sp³-hybridized carbons (Fsp3) is 0.0400. The predicted molar refractivity (Wildman–Crippen MR) is 116 cm³/mol. The molecule has 0 saturated heterocycles. The molecule has 4 nitrogen and oxygen atoms in total. The van der Waals surface area contributed by atoms with Crippen molar-refractivity contribution in [2.75, 3.05) is 0 Å². The van der Waals surface area contributed by atoms with Crippen LogP contribution in [0.4, 0.5) is 0 Å². The topological polar surface area (TPSA) is 50.7 Å². The molecule has 0 spiro atoms. The van der Waals surface area contributed by atoms with E-state index >= 15 is 0 Å². The molecule has 0 bridgehead atoms. The van der Waals surface area contributed by atoms with Gasteiger partial charge >= 0.3 is 0 Å². The number of benzene rings is 4. The van der Waals surface area contributed by atoms with Crippen LogP contribution in [-0.2, 0) is 6.61 Å². The van der Waals surface area contributed by atoms with Gasteiger partial charge in [0.25, 0.3) is 5.91 Å². The summed E-state index contributed by atoms with van der Waals surface area (Å²) in [5.41, 5.74) is 4.98. The number of nitrogens with zero attached hydrogens (tertiary/aromatic N) is 1. The molecule has 0 fully saturated rings. The Labute approximate surface area is 169 Å². The molecular formula is C25H20N2O2. The lowest BCUT2D eigenvalue weighted by Gasteiger charge is -2.10. The first-order valence-electron chi connectivity index (χ1n) is 9.37.